The number of fused-ring (bicyclic) bond motifs is 1. The minimum absolute atomic E-state index is 0.182. The lowest BCUT2D eigenvalue weighted by Gasteiger charge is -2.07. The summed E-state index contributed by atoms with van der Waals surface area (Å²) >= 11 is 6.62. The molecule has 26 heavy (non-hydrogen) atoms. The minimum Gasteiger partial charge on any atom is -0.497 e. The summed E-state index contributed by atoms with van der Waals surface area (Å²) in [4.78, 5) is 16.7. The molecule has 0 radical (unpaired) electrons. The predicted octanol–water partition coefficient (Wildman–Crippen LogP) is 3.75. The molecule has 3 aromatic rings. The van der Waals surface area contributed by atoms with Gasteiger partial charge in [-0.2, -0.15) is 0 Å². The van der Waals surface area contributed by atoms with E-state index in [-0.39, 0.29) is 11.0 Å². The molecule has 6 nitrogen and oxygen atoms in total. The molecule has 0 unspecified atom stereocenters. The SMILES string of the molecule is COc1cc(OC)c2nc(NC(=S)NC(=O)c3cccc(C)c3)sc2c1. The Labute approximate surface area is 160 Å². The molecule has 0 aliphatic heterocycles. The molecule has 0 atom stereocenters. The van der Waals surface area contributed by atoms with Gasteiger partial charge in [0, 0.05) is 11.6 Å². The van der Waals surface area contributed by atoms with Crippen molar-refractivity contribution in [2.75, 3.05) is 19.5 Å². The Kier molecular flexibility index (Phi) is 5.34. The number of carbonyl (C=O) groups excluding carboxylic acids is 1. The van der Waals surface area contributed by atoms with Crippen LogP contribution >= 0.6 is 23.6 Å². The highest BCUT2D eigenvalue weighted by atomic mass is 32.1. The molecule has 0 spiro atoms. The largest absolute Gasteiger partial charge is 0.497 e. The lowest BCUT2D eigenvalue weighted by molar-refractivity contribution is 0.0977. The highest BCUT2D eigenvalue weighted by Gasteiger charge is 2.13. The molecule has 0 saturated carbocycles. The van der Waals surface area contributed by atoms with Crippen molar-refractivity contribution in [3.63, 3.8) is 0 Å². The first kappa shape index (κ1) is 18.1. The molecular weight excluding hydrogens is 370 g/mol. The summed E-state index contributed by atoms with van der Waals surface area (Å²) < 4.78 is 11.5. The van der Waals surface area contributed by atoms with E-state index in [9.17, 15) is 4.79 Å². The van der Waals surface area contributed by atoms with Gasteiger partial charge >= 0.3 is 0 Å². The maximum Gasteiger partial charge on any atom is 0.257 e. The van der Waals surface area contributed by atoms with Gasteiger partial charge in [-0.1, -0.05) is 29.0 Å². The Morgan fingerprint density at radius 1 is 1.19 bits per heavy atom. The van der Waals surface area contributed by atoms with Crippen molar-refractivity contribution in [3.8, 4) is 11.5 Å². The van der Waals surface area contributed by atoms with Gasteiger partial charge in [0.2, 0.25) is 0 Å². The van der Waals surface area contributed by atoms with Crippen LogP contribution in [0.2, 0.25) is 0 Å². The van der Waals surface area contributed by atoms with Gasteiger partial charge in [0.1, 0.15) is 17.0 Å². The van der Waals surface area contributed by atoms with Gasteiger partial charge in [0.05, 0.1) is 18.9 Å². The number of nitrogens with one attached hydrogen (secondary N) is 2. The standard InChI is InChI=1S/C18H17N3O3S2/c1-10-5-4-6-11(7-10)16(22)20-17(25)21-18-19-15-13(24-3)8-12(23-2)9-14(15)26-18/h4-9H,1-3H3,(H2,19,20,21,22,25). The second kappa shape index (κ2) is 7.67. The summed E-state index contributed by atoms with van der Waals surface area (Å²) in [5.74, 6) is 1.02. The number of thiocarbonyl (C=S) groups is 1. The summed E-state index contributed by atoms with van der Waals surface area (Å²) in [5, 5.41) is 6.34. The Morgan fingerprint density at radius 2 is 2.00 bits per heavy atom. The Balaban J connectivity index is 1.76. The number of aryl methyl sites for hydroxylation is 1. The maximum atomic E-state index is 12.3. The zero-order valence-electron chi connectivity index (χ0n) is 14.5. The van der Waals surface area contributed by atoms with E-state index in [1.807, 2.05) is 25.1 Å². The van der Waals surface area contributed by atoms with Gasteiger partial charge in [0.25, 0.3) is 5.91 Å². The third kappa shape index (κ3) is 3.92. The Morgan fingerprint density at radius 3 is 2.69 bits per heavy atom. The second-order valence-electron chi connectivity index (χ2n) is 5.47. The monoisotopic (exact) mass is 387 g/mol. The number of carbonyl (C=O) groups is 1. The predicted molar refractivity (Wildman–Crippen MR) is 108 cm³/mol. The van der Waals surface area contributed by atoms with Crippen molar-refractivity contribution >= 4 is 49.9 Å². The van der Waals surface area contributed by atoms with Crippen LogP contribution in [0.3, 0.4) is 0 Å². The van der Waals surface area contributed by atoms with E-state index >= 15 is 0 Å². The first-order valence-corrected chi connectivity index (χ1v) is 8.94. The van der Waals surface area contributed by atoms with Crippen LogP contribution in [0.25, 0.3) is 10.2 Å². The fourth-order valence-corrected chi connectivity index (χ4v) is 3.56. The van der Waals surface area contributed by atoms with Gasteiger partial charge in [-0.05, 0) is 37.3 Å². The van der Waals surface area contributed by atoms with E-state index in [1.165, 1.54) is 11.3 Å². The highest BCUT2D eigenvalue weighted by Crippen LogP contribution is 2.36. The third-order valence-corrected chi connectivity index (χ3v) is 4.74. The molecule has 1 amide bonds. The molecule has 0 aliphatic carbocycles. The number of hydrogen-bond donors (Lipinski definition) is 2. The van der Waals surface area contributed by atoms with Crippen LogP contribution in [0.4, 0.5) is 5.13 Å². The molecular formula is C18H17N3O3S2. The highest BCUT2D eigenvalue weighted by molar-refractivity contribution is 7.80. The van der Waals surface area contributed by atoms with Crippen molar-refractivity contribution < 1.29 is 14.3 Å². The normalized spacial score (nSPS) is 10.4. The maximum absolute atomic E-state index is 12.3. The number of methoxy groups -OCH3 is 2. The van der Waals surface area contributed by atoms with Crippen molar-refractivity contribution in [1.82, 2.24) is 10.3 Å². The molecule has 134 valence electrons. The van der Waals surface area contributed by atoms with Gasteiger partial charge in [-0.25, -0.2) is 4.98 Å². The van der Waals surface area contributed by atoms with Crippen LogP contribution in [-0.2, 0) is 0 Å². The molecule has 0 saturated heterocycles. The molecule has 8 heteroatoms. The van der Waals surface area contributed by atoms with Crippen LogP contribution in [0.15, 0.2) is 36.4 Å². The van der Waals surface area contributed by atoms with Crippen LogP contribution in [0.1, 0.15) is 15.9 Å². The number of aromatic nitrogens is 1. The zero-order chi connectivity index (χ0) is 18.7. The fourth-order valence-electron chi connectivity index (χ4n) is 2.39. The minimum atomic E-state index is -0.272. The topological polar surface area (TPSA) is 72.5 Å². The van der Waals surface area contributed by atoms with Crippen molar-refractivity contribution in [2.45, 2.75) is 6.92 Å². The van der Waals surface area contributed by atoms with Gasteiger partial charge in [0.15, 0.2) is 10.2 Å². The van der Waals surface area contributed by atoms with E-state index < -0.39 is 0 Å². The number of amides is 1. The molecule has 2 N–H and O–H groups in total. The lowest BCUT2D eigenvalue weighted by Crippen LogP contribution is -2.34. The van der Waals surface area contributed by atoms with Gasteiger partial charge in [-0.3, -0.25) is 10.1 Å². The molecule has 2 aromatic carbocycles. The van der Waals surface area contributed by atoms with E-state index in [4.69, 9.17) is 21.7 Å². The number of ether oxygens (including phenoxy) is 2. The van der Waals surface area contributed by atoms with E-state index in [0.717, 1.165) is 10.3 Å². The van der Waals surface area contributed by atoms with Crippen LogP contribution in [0, 0.1) is 6.92 Å². The third-order valence-electron chi connectivity index (χ3n) is 3.62. The van der Waals surface area contributed by atoms with Crippen molar-refractivity contribution in [2.24, 2.45) is 0 Å². The van der Waals surface area contributed by atoms with Crippen LogP contribution < -0.4 is 20.1 Å². The van der Waals surface area contributed by atoms with E-state index in [1.54, 1.807) is 32.4 Å². The zero-order valence-corrected chi connectivity index (χ0v) is 16.1. The van der Waals surface area contributed by atoms with Crippen LogP contribution in [-0.4, -0.2) is 30.2 Å². The lowest BCUT2D eigenvalue weighted by atomic mass is 10.1. The quantitative estimate of drug-likeness (QED) is 0.665. The molecule has 3 rings (SSSR count). The molecule has 0 bridgehead atoms. The second-order valence-corrected chi connectivity index (χ2v) is 6.91. The number of hydrogen-bond acceptors (Lipinski definition) is 6. The summed E-state index contributed by atoms with van der Waals surface area (Å²) in [5.41, 5.74) is 2.25. The van der Waals surface area contributed by atoms with Crippen LogP contribution in [0.5, 0.6) is 11.5 Å². The van der Waals surface area contributed by atoms with Crippen molar-refractivity contribution in [3.05, 3.63) is 47.5 Å². The Hall–Kier alpha value is -2.71. The number of thiazole rings is 1. The average Bonchev–Trinajstić information content (AvgIpc) is 3.02. The average molecular weight is 387 g/mol. The van der Waals surface area contributed by atoms with Crippen molar-refractivity contribution in [1.29, 1.82) is 0 Å². The Bertz CT molecular complexity index is 985. The number of benzene rings is 2. The number of anilines is 1. The number of rotatable bonds is 4. The summed E-state index contributed by atoms with van der Waals surface area (Å²) in [6, 6.07) is 10.9. The fraction of sp³-hybridized carbons (Fsp3) is 0.167. The first-order valence-electron chi connectivity index (χ1n) is 7.71. The molecule has 0 fully saturated rings. The summed E-state index contributed by atoms with van der Waals surface area (Å²) in [7, 11) is 3.17. The summed E-state index contributed by atoms with van der Waals surface area (Å²) in [6.45, 7) is 1.93. The molecule has 0 aliphatic rings. The van der Waals surface area contributed by atoms with Gasteiger partial charge < -0.3 is 14.8 Å². The molecule has 1 aromatic heterocycles. The summed E-state index contributed by atoms with van der Waals surface area (Å²) in [6.07, 6.45) is 0. The first-order chi connectivity index (χ1) is 12.5. The van der Waals surface area contributed by atoms with Gasteiger partial charge in [-0.15, -0.1) is 0 Å². The van der Waals surface area contributed by atoms with E-state index in [0.29, 0.717) is 27.7 Å². The number of nitrogens with zero attached hydrogens (tertiary/aromatic N) is 1. The van der Waals surface area contributed by atoms with E-state index in [2.05, 4.69) is 15.6 Å². The smallest absolute Gasteiger partial charge is 0.257 e. The molecule has 1 heterocycles.